The Hall–Kier alpha value is -1.49. The Labute approximate surface area is 130 Å². The Morgan fingerprint density at radius 1 is 1.10 bits per heavy atom. The van der Waals surface area contributed by atoms with Gasteiger partial charge in [0, 0.05) is 5.75 Å². The van der Waals surface area contributed by atoms with E-state index in [9.17, 15) is 9.59 Å². The van der Waals surface area contributed by atoms with Crippen LogP contribution in [0.2, 0.25) is 0 Å². The van der Waals surface area contributed by atoms with E-state index in [4.69, 9.17) is 4.74 Å². The van der Waals surface area contributed by atoms with Gasteiger partial charge in [-0.25, -0.2) is 0 Å². The molecule has 1 aromatic rings. The Bertz CT molecular complexity index is 491. The zero-order valence-corrected chi connectivity index (χ0v) is 13.8. The van der Waals surface area contributed by atoms with Gasteiger partial charge in [0.15, 0.2) is 0 Å². The second-order valence-corrected chi connectivity index (χ2v) is 6.59. The standard InChI is InChI=1S/C16H22O4S/c1-16(2,3)20-15(18)11-21-10-13-8-6-5-7-12(13)9-14(17)19-4/h5-8H,9-11H2,1-4H3. The molecule has 0 amide bonds. The minimum absolute atomic E-state index is 0.224. The third-order valence-corrected chi connectivity index (χ3v) is 3.53. The molecule has 0 bridgehead atoms. The van der Waals surface area contributed by atoms with E-state index < -0.39 is 5.60 Å². The average molecular weight is 310 g/mol. The first kappa shape index (κ1) is 17.6. The van der Waals surface area contributed by atoms with Gasteiger partial charge in [-0.15, -0.1) is 11.8 Å². The number of rotatable bonds is 6. The van der Waals surface area contributed by atoms with Crippen LogP contribution in [0.25, 0.3) is 0 Å². The summed E-state index contributed by atoms with van der Waals surface area (Å²) in [5.41, 5.74) is 1.51. The summed E-state index contributed by atoms with van der Waals surface area (Å²) in [5, 5.41) is 0. The molecule has 0 fully saturated rings. The summed E-state index contributed by atoms with van der Waals surface area (Å²) in [6, 6.07) is 7.67. The van der Waals surface area contributed by atoms with Crippen molar-refractivity contribution >= 4 is 23.7 Å². The predicted octanol–water partition coefficient (Wildman–Crippen LogP) is 2.98. The molecule has 4 nitrogen and oxygen atoms in total. The van der Waals surface area contributed by atoms with E-state index in [1.165, 1.54) is 18.9 Å². The van der Waals surface area contributed by atoms with Crippen molar-refractivity contribution in [3.63, 3.8) is 0 Å². The summed E-state index contributed by atoms with van der Waals surface area (Å²) in [7, 11) is 1.38. The maximum atomic E-state index is 11.6. The molecular formula is C16H22O4S. The van der Waals surface area contributed by atoms with Gasteiger partial charge in [0.25, 0.3) is 0 Å². The van der Waals surface area contributed by atoms with Gasteiger partial charge in [0.05, 0.1) is 19.3 Å². The minimum Gasteiger partial charge on any atom is -0.469 e. The molecule has 5 heteroatoms. The first-order chi connectivity index (χ1) is 9.81. The van der Waals surface area contributed by atoms with Gasteiger partial charge in [-0.1, -0.05) is 24.3 Å². The number of benzene rings is 1. The highest BCUT2D eigenvalue weighted by Gasteiger charge is 2.16. The topological polar surface area (TPSA) is 52.6 Å². The van der Waals surface area contributed by atoms with E-state index in [2.05, 4.69) is 4.74 Å². The lowest BCUT2D eigenvalue weighted by molar-refractivity contribution is -0.151. The molecule has 0 saturated heterocycles. The molecule has 21 heavy (non-hydrogen) atoms. The van der Waals surface area contributed by atoms with Crippen LogP contribution in [0, 0.1) is 0 Å². The molecule has 0 saturated carbocycles. The van der Waals surface area contributed by atoms with E-state index in [0.717, 1.165) is 11.1 Å². The highest BCUT2D eigenvalue weighted by atomic mass is 32.2. The van der Waals surface area contributed by atoms with Gasteiger partial charge >= 0.3 is 11.9 Å². The number of hydrogen-bond donors (Lipinski definition) is 0. The van der Waals surface area contributed by atoms with E-state index in [1.54, 1.807) is 0 Å². The smallest absolute Gasteiger partial charge is 0.316 e. The SMILES string of the molecule is COC(=O)Cc1ccccc1CSCC(=O)OC(C)(C)C. The molecule has 0 N–H and O–H groups in total. The second-order valence-electron chi connectivity index (χ2n) is 5.60. The van der Waals surface area contributed by atoms with Gasteiger partial charge in [-0.3, -0.25) is 9.59 Å². The van der Waals surface area contributed by atoms with E-state index >= 15 is 0 Å². The molecule has 0 aliphatic carbocycles. The normalized spacial score (nSPS) is 11.0. The molecule has 1 aromatic carbocycles. The molecule has 0 aliphatic rings. The zero-order valence-electron chi connectivity index (χ0n) is 13.0. The Morgan fingerprint density at radius 3 is 2.29 bits per heavy atom. The minimum atomic E-state index is -0.458. The largest absolute Gasteiger partial charge is 0.469 e. The number of ether oxygens (including phenoxy) is 2. The number of thioether (sulfide) groups is 1. The molecule has 0 radical (unpaired) electrons. The quantitative estimate of drug-likeness (QED) is 0.756. The Balaban J connectivity index is 2.52. The van der Waals surface area contributed by atoms with Gasteiger partial charge in [-0.2, -0.15) is 0 Å². The van der Waals surface area contributed by atoms with Crippen molar-refractivity contribution in [3.8, 4) is 0 Å². The zero-order chi connectivity index (χ0) is 15.9. The first-order valence-corrected chi connectivity index (χ1v) is 7.90. The summed E-state index contributed by atoms with van der Waals surface area (Å²) in [6.45, 7) is 5.55. The van der Waals surface area contributed by atoms with E-state index in [0.29, 0.717) is 11.5 Å². The van der Waals surface area contributed by atoms with Crippen LogP contribution in [0.1, 0.15) is 31.9 Å². The number of methoxy groups -OCH3 is 1. The highest BCUT2D eigenvalue weighted by Crippen LogP contribution is 2.18. The maximum Gasteiger partial charge on any atom is 0.316 e. The van der Waals surface area contributed by atoms with Crippen molar-refractivity contribution in [1.29, 1.82) is 0 Å². The summed E-state index contributed by atoms with van der Waals surface area (Å²) in [4.78, 5) is 23.0. The number of carbonyl (C=O) groups is 2. The van der Waals surface area contributed by atoms with Gasteiger partial charge in [-0.05, 0) is 31.9 Å². The van der Waals surface area contributed by atoms with Crippen molar-refractivity contribution in [2.45, 2.75) is 38.5 Å². The maximum absolute atomic E-state index is 11.6. The molecule has 1 rings (SSSR count). The average Bonchev–Trinajstić information content (AvgIpc) is 2.38. The summed E-state index contributed by atoms with van der Waals surface area (Å²) in [6.07, 6.45) is 0.250. The molecule has 0 heterocycles. The van der Waals surface area contributed by atoms with Gasteiger partial charge < -0.3 is 9.47 Å². The fraction of sp³-hybridized carbons (Fsp3) is 0.500. The molecule has 0 unspecified atom stereocenters. The van der Waals surface area contributed by atoms with E-state index in [-0.39, 0.29) is 18.4 Å². The molecule has 0 atom stereocenters. The fourth-order valence-electron chi connectivity index (χ4n) is 1.71. The van der Waals surface area contributed by atoms with Gasteiger partial charge in [0.1, 0.15) is 5.60 Å². The third kappa shape index (κ3) is 7.18. The van der Waals surface area contributed by atoms with Crippen molar-refractivity contribution in [3.05, 3.63) is 35.4 Å². The molecular weight excluding hydrogens is 288 g/mol. The Kier molecular flexibility index (Phi) is 6.75. The van der Waals surface area contributed by atoms with Gasteiger partial charge in [0.2, 0.25) is 0 Å². The van der Waals surface area contributed by atoms with Crippen LogP contribution >= 0.6 is 11.8 Å². The van der Waals surface area contributed by atoms with Crippen molar-refractivity contribution in [2.24, 2.45) is 0 Å². The number of hydrogen-bond acceptors (Lipinski definition) is 5. The van der Waals surface area contributed by atoms with Crippen LogP contribution in [0.3, 0.4) is 0 Å². The summed E-state index contributed by atoms with van der Waals surface area (Å²) < 4.78 is 9.94. The van der Waals surface area contributed by atoms with Crippen LogP contribution in [0.4, 0.5) is 0 Å². The molecule has 0 aromatic heterocycles. The Morgan fingerprint density at radius 2 is 1.71 bits per heavy atom. The lowest BCUT2D eigenvalue weighted by Gasteiger charge is -2.19. The van der Waals surface area contributed by atoms with Crippen molar-refractivity contribution < 1.29 is 19.1 Å². The molecule has 116 valence electrons. The predicted molar refractivity (Wildman–Crippen MR) is 84.2 cm³/mol. The van der Waals surface area contributed by atoms with Crippen LogP contribution in [0.5, 0.6) is 0 Å². The van der Waals surface area contributed by atoms with Crippen LogP contribution in [-0.2, 0) is 31.2 Å². The summed E-state index contributed by atoms with van der Waals surface area (Å²) in [5.74, 6) is 0.466. The second kappa shape index (κ2) is 8.08. The molecule has 0 aliphatic heterocycles. The molecule has 0 spiro atoms. The highest BCUT2D eigenvalue weighted by molar-refractivity contribution is 7.99. The lowest BCUT2D eigenvalue weighted by atomic mass is 10.1. The third-order valence-electron chi connectivity index (χ3n) is 2.58. The van der Waals surface area contributed by atoms with Crippen LogP contribution in [0.15, 0.2) is 24.3 Å². The van der Waals surface area contributed by atoms with Crippen molar-refractivity contribution in [1.82, 2.24) is 0 Å². The van der Waals surface area contributed by atoms with Crippen LogP contribution in [-0.4, -0.2) is 30.4 Å². The van der Waals surface area contributed by atoms with Crippen LogP contribution < -0.4 is 0 Å². The monoisotopic (exact) mass is 310 g/mol. The number of carbonyl (C=O) groups excluding carboxylic acids is 2. The van der Waals surface area contributed by atoms with E-state index in [1.807, 2.05) is 45.0 Å². The lowest BCUT2D eigenvalue weighted by Crippen LogP contribution is -2.24. The van der Waals surface area contributed by atoms with Crippen molar-refractivity contribution in [2.75, 3.05) is 12.9 Å². The number of esters is 2. The first-order valence-electron chi connectivity index (χ1n) is 6.75. The summed E-state index contributed by atoms with van der Waals surface area (Å²) >= 11 is 1.48. The fourth-order valence-corrected chi connectivity index (χ4v) is 2.54.